The number of carbonyl (C=O) groups excluding carboxylic acids is 2. The van der Waals surface area contributed by atoms with Gasteiger partial charge in [-0.15, -0.1) is 0 Å². The van der Waals surface area contributed by atoms with E-state index >= 15 is 0 Å². The van der Waals surface area contributed by atoms with Gasteiger partial charge in [-0.3, -0.25) is 9.59 Å². The minimum atomic E-state index is 0.226. The molecule has 2 aliphatic heterocycles. The molecule has 180 valence electrons. The van der Waals surface area contributed by atoms with Crippen LogP contribution in [0.3, 0.4) is 0 Å². The van der Waals surface area contributed by atoms with Crippen molar-refractivity contribution in [2.24, 2.45) is 11.8 Å². The van der Waals surface area contributed by atoms with Gasteiger partial charge in [0.05, 0.1) is 0 Å². The molecule has 1 amide bonds. The van der Waals surface area contributed by atoms with Crippen molar-refractivity contribution >= 4 is 11.7 Å². The maximum atomic E-state index is 11.8. The normalized spacial score (nSPS) is 19.5. The molecular weight excluding hydrogens is 386 g/mol. The van der Waals surface area contributed by atoms with Crippen LogP contribution in [0.15, 0.2) is 0 Å². The van der Waals surface area contributed by atoms with Crippen molar-refractivity contribution in [3.05, 3.63) is 0 Å². The molecule has 0 bridgehead atoms. The molecule has 2 fully saturated rings. The van der Waals surface area contributed by atoms with Crippen LogP contribution in [0, 0.1) is 11.8 Å². The number of hydrogen-bond donors (Lipinski definition) is 1. The van der Waals surface area contributed by atoms with Gasteiger partial charge in [0.2, 0.25) is 5.91 Å². The number of Topliss-reactive ketones (excluding diaryl/α,β-unsaturated/α-hetero) is 1. The van der Waals surface area contributed by atoms with E-state index < -0.39 is 0 Å². The number of nitrogens with zero attached hydrogens (tertiary/aromatic N) is 2. The number of carbonyl (C=O) groups is 2. The molecule has 1 N–H and O–H groups in total. The molecule has 2 heterocycles. The summed E-state index contributed by atoms with van der Waals surface area (Å²) in [5.41, 5.74) is 0. The fourth-order valence-corrected chi connectivity index (χ4v) is 5.11. The highest BCUT2D eigenvalue weighted by Gasteiger charge is 2.22. The lowest BCUT2D eigenvalue weighted by Gasteiger charge is -2.33. The second-order valence-electron chi connectivity index (χ2n) is 9.95. The van der Waals surface area contributed by atoms with Crippen molar-refractivity contribution < 1.29 is 9.59 Å². The largest absolute Gasteiger partial charge is 0.356 e. The van der Waals surface area contributed by atoms with Gasteiger partial charge in [-0.1, -0.05) is 39.5 Å². The monoisotopic (exact) mass is 435 g/mol. The maximum absolute atomic E-state index is 11.8. The van der Waals surface area contributed by atoms with E-state index in [9.17, 15) is 9.59 Å². The Kier molecular flexibility index (Phi) is 13.4. The molecule has 2 rings (SSSR count). The lowest BCUT2D eigenvalue weighted by Crippen LogP contribution is -2.35. The number of unbranched alkanes of at least 4 members (excludes halogenated alkanes) is 1. The van der Waals surface area contributed by atoms with Gasteiger partial charge in [0.25, 0.3) is 0 Å². The van der Waals surface area contributed by atoms with E-state index in [2.05, 4.69) is 22.0 Å². The highest BCUT2D eigenvalue weighted by Crippen LogP contribution is 2.27. The topological polar surface area (TPSA) is 52.7 Å². The molecule has 0 unspecified atom stereocenters. The van der Waals surface area contributed by atoms with Gasteiger partial charge in [0, 0.05) is 32.4 Å². The molecule has 0 atom stereocenters. The molecule has 0 aliphatic carbocycles. The zero-order valence-corrected chi connectivity index (χ0v) is 20.5. The Morgan fingerprint density at radius 3 is 1.90 bits per heavy atom. The van der Waals surface area contributed by atoms with Crippen LogP contribution in [0.4, 0.5) is 0 Å². The second kappa shape index (κ2) is 15.8. The smallest absolute Gasteiger partial charge is 0.220 e. The first-order valence-corrected chi connectivity index (χ1v) is 13.3. The van der Waals surface area contributed by atoms with E-state index in [1.165, 1.54) is 71.1 Å². The number of nitrogens with one attached hydrogen (secondary N) is 1. The molecule has 0 saturated carbocycles. The van der Waals surface area contributed by atoms with Crippen LogP contribution in [-0.2, 0) is 9.59 Å². The molecule has 2 aliphatic rings. The third-order valence-electron chi connectivity index (χ3n) is 7.47. The van der Waals surface area contributed by atoms with Gasteiger partial charge in [0.15, 0.2) is 0 Å². The number of rotatable bonds is 15. The standard InChI is InChI=1S/C26H49N3O2/c1-3-5-16-27-26(31)10-7-17-28-18-11-23(12-19-28)8-6-9-24-13-20-29(21-14-24)22-15-25(30)4-2/h23-24H,3-22H2,1-2H3,(H,27,31). The Labute approximate surface area is 191 Å². The summed E-state index contributed by atoms with van der Waals surface area (Å²) in [5, 5.41) is 3.02. The average molecular weight is 436 g/mol. The van der Waals surface area contributed by atoms with E-state index in [0.29, 0.717) is 18.6 Å². The summed E-state index contributed by atoms with van der Waals surface area (Å²) in [6.07, 6.45) is 14.8. The van der Waals surface area contributed by atoms with Crippen LogP contribution < -0.4 is 5.32 Å². The van der Waals surface area contributed by atoms with Gasteiger partial charge in [0.1, 0.15) is 5.78 Å². The van der Waals surface area contributed by atoms with E-state index in [0.717, 1.165) is 57.2 Å². The Balaban J connectivity index is 1.45. The lowest BCUT2D eigenvalue weighted by atomic mass is 9.87. The molecule has 0 aromatic heterocycles. The SMILES string of the molecule is CCCCNC(=O)CCCN1CCC(CCCC2CCN(CCC(=O)CC)CC2)CC1. The van der Waals surface area contributed by atoms with Gasteiger partial charge in [-0.25, -0.2) is 0 Å². The molecule has 0 radical (unpaired) electrons. The minimum Gasteiger partial charge on any atom is -0.356 e. The summed E-state index contributed by atoms with van der Waals surface area (Å²) in [6, 6.07) is 0. The van der Waals surface area contributed by atoms with Crippen molar-refractivity contribution in [2.75, 3.05) is 45.8 Å². The first kappa shape index (κ1) is 26.3. The Hall–Kier alpha value is -0.940. The Bertz CT molecular complexity index is 495. The van der Waals surface area contributed by atoms with Gasteiger partial charge in [-0.2, -0.15) is 0 Å². The fraction of sp³-hybridized carbons (Fsp3) is 0.923. The molecule has 2 saturated heterocycles. The number of ketones is 1. The van der Waals surface area contributed by atoms with Crippen LogP contribution in [0.5, 0.6) is 0 Å². The molecule has 31 heavy (non-hydrogen) atoms. The zero-order chi connectivity index (χ0) is 22.3. The van der Waals surface area contributed by atoms with Crippen molar-refractivity contribution in [3.8, 4) is 0 Å². The van der Waals surface area contributed by atoms with Crippen LogP contribution in [0.1, 0.15) is 97.3 Å². The van der Waals surface area contributed by atoms with Crippen molar-refractivity contribution in [2.45, 2.75) is 97.3 Å². The Morgan fingerprint density at radius 1 is 0.774 bits per heavy atom. The highest BCUT2D eigenvalue weighted by atomic mass is 16.1. The highest BCUT2D eigenvalue weighted by molar-refractivity contribution is 5.78. The van der Waals surface area contributed by atoms with Crippen molar-refractivity contribution in [1.82, 2.24) is 15.1 Å². The van der Waals surface area contributed by atoms with E-state index in [1.807, 2.05) is 6.92 Å². The number of amides is 1. The van der Waals surface area contributed by atoms with Crippen LogP contribution in [0.25, 0.3) is 0 Å². The summed E-state index contributed by atoms with van der Waals surface area (Å²) in [4.78, 5) is 28.4. The predicted molar refractivity (Wildman–Crippen MR) is 129 cm³/mol. The average Bonchev–Trinajstić information content (AvgIpc) is 2.79. The third kappa shape index (κ3) is 11.5. The number of piperidine rings is 2. The second-order valence-corrected chi connectivity index (χ2v) is 9.95. The molecule has 5 heteroatoms. The van der Waals surface area contributed by atoms with E-state index in [1.54, 1.807) is 0 Å². The summed E-state index contributed by atoms with van der Waals surface area (Å²) in [7, 11) is 0. The van der Waals surface area contributed by atoms with Gasteiger partial charge in [-0.05, 0) is 83.1 Å². The summed E-state index contributed by atoms with van der Waals surface area (Å²) >= 11 is 0. The van der Waals surface area contributed by atoms with Crippen molar-refractivity contribution in [3.63, 3.8) is 0 Å². The molecule has 5 nitrogen and oxygen atoms in total. The third-order valence-corrected chi connectivity index (χ3v) is 7.47. The first-order valence-electron chi connectivity index (χ1n) is 13.3. The number of hydrogen-bond acceptors (Lipinski definition) is 4. The zero-order valence-electron chi connectivity index (χ0n) is 20.5. The summed E-state index contributed by atoms with van der Waals surface area (Å²) < 4.78 is 0. The van der Waals surface area contributed by atoms with Crippen LogP contribution in [0.2, 0.25) is 0 Å². The van der Waals surface area contributed by atoms with Gasteiger partial charge < -0.3 is 15.1 Å². The van der Waals surface area contributed by atoms with E-state index in [-0.39, 0.29) is 5.91 Å². The van der Waals surface area contributed by atoms with Crippen LogP contribution >= 0.6 is 0 Å². The Morgan fingerprint density at radius 2 is 1.35 bits per heavy atom. The van der Waals surface area contributed by atoms with Crippen LogP contribution in [-0.4, -0.2) is 67.3 Å². The molecule has 0 aromatic rings. The lowest BCUT2D eigenvalue weighted by molar-refractivity contribution is -0.121. The quantitative estimate of drug-likeness (QED) is 0.381. The van der Waals surface area contributed by atoms with E-state index in [4.69, 9.17) is 0 Å². The predicted octanol–water partition coefficient (Wildman–Crippen LogP) is 4.65. The summed E-state index contributed by atoms with van der Waals surface area (Å²) in [5.74, 6) is 2.44. The fourth-order valence-electron chi connectivity index (χ4n) is 5.11. The maximum Gasteiger partial charge on any atom is 0.220 e. The summed E-state index contributed by atoms with van der Waals surface area (Å²) in [6.45, 7) is 11.8. The van der Waals surface area contributed by atoms with Gasteiger partial charge >= 0.3 is 0 Å². The minimum absolute atomic E-state index is 0.226. The number of likely N-dealkylation sites (tertiary alicyclic amines) is 2. The molecule has 0 aromatic carbocycles. The first-order chi connectivity index (χ1) is 15.1. The molecule has 0 spiro atoms. The molecular formula is C26H49N3O2. The van der Waals surface area contributed by atoms with Crippen molar-refractivity contribution in [1.29, 1.82) is 0 Å².